The van der Waals surface area contributed by atoms with Crippen LogP contribution in [0.4, 0.5) is 0 Å². The molecule has 1 atom stereocenters. The fraction of sp³-hybridized carbons (Fsp3) is 0.550. The number of carbonyl (C=O) groups excluding carboxylic acids is 1. The first-order valence-electron chi connectivity index (χ1n) is 9.55. The minimum absolute atomic E-state index is 0.00271. The molecule has 2 fully saturated rings. The number of hydrogen-bond acceptors (Lipinski definition) is 6. The van der Waals surface area contributed by atoms with Gasteiger partial charge in [0.1, 0.15) is 0 Å². The molecule has 0 N–H and O–H groups in total. The van der Waals surface area contributed by atoms with Gasteiger partial charge >= 0.3 is 0 Å². The highest BCUT2D eigenvalue weighted by atomic mass is 16.5. The third-order valence-electron chi connectivity index (χ3n) is 5.61. The molecule has 1 saturated heterocycles. The largest absolute Gasteiger partial charge is 0.493 e. The van der Waals surface area contributed by atoms with Gasteiger partial charge in [-0.2, -0.15) is 4.98 Å². The fourth-order valence-corrected chi connectivity index (χ4v) is 4.14. The number of rotatable bonds is 5. The lowest BCUT2D eigenvalue weighted by Gasteiger charge is -2.31. The molecule has 0 bridgehead atoms. The first-order chi connectivity index (χ1) is 13.2. The lowest BCUT2D eigenvalue weighted by atomic mass is 9.94. The Balaban J connectivity index is 1.50. The van der Waals surface area contributed by atoms with Crippen molar-refractivity contribution in [3.63, 3.8) is 0 Å². The second-order valence-corrected chi connectivity index (χ2v) is 7.27. The molecular formula is C20H25N3O4. The van der Waals surface area contributed by atoms with E-state index in [1.54, 1.807) is 14.2 Å². The highest BCUT2D eigenvalue weighted by Gasteiger charge is 2.37. The Morgan fingerprint density at radius 1 is 1.11 bits per heavy atom. The van der Waals surface area contributed by atoms with Crippen molar-refractivity contribution in [3.05, 3.63) is 24.0 Å². The Kier molecular flexibility index (Phi) is 5.01. The number of carbonyl (C=O) groups is 1. The van der Waals surface area contributed by atoms with Gasteiger partial charge in [-0.05, 0) is 31.0 Å². The van der Waals surface area contributed by atoms with E-state index in [0.29, 0.717) is 42.2 Å². The third kappa shape index (κ3) is 3.50. The van der Waals surface area contributed by atoms with E-state index >= 15 is 0 Å². The van der Waals surface area contributed by atoms with Crippen LogP contribution >= 0.6 is 0 Å². The molecule has 7 heteroatoms. The Morgan fingerprint density at radius 3 is 2.63 bits per heavy atom. The predicted octanol–water partition coefficient (Wildman–Crippen LogP) is 3.40. The molecule has 27 heavy (non-hydrogen) atoms. The number of hydrogen-bond donors (Lipinski definition) is 0. The molecular weight excluding hydrogens is 346 g/mol. The van der Waals surface area contributed by atoms with Gasteiger partial charge in [0.2, 0.25) is 5.91 Å². The fourth-order valence-electron chi connectivity index (χ4n) is 4.14. The Hall–Kier alpha value is -2.57. The second-order valence-electron chi connectivity index (χ2n) is 7.27. The van der Waals surface area contributed by atoms with E-state index < -0.39 is 0 Å². The minimum atomic E-state index is -0.00271. The van der Waals surface area contributed by atoms with Gasteiger partial charge in [0.15, 0.2) is 17.3 Å². The molecule has 4 rings (SSSR count). The molecule has 1 aromatic carbocycles. The molecule has 0 spiro atoms. The highest BCUT2D eigenvalue weighted by molar-refractivity contribution is 5.80. The number of methoxy groups -OCH3 is 2. The SMILES string of the molecule is COc1ccc(-c2nc(C3CC(=O)N(C4CCCCC4)C3)no2)cc1OC. The van der Waals surface area contributed by atoms with E-state index in [4.69, 9.17) is 14.0 Å². The molecule has 1 aromatic heterocycles. The molecule has 1 aliphatic heterocycles. The average Bonchev–Trinajstić information content (AvgIpc) is 3.35. The molecule has 144 valence electrons. The van der Waals surface area contributed by atoms with Crippen LogP contribution in [0.25, 0.3) is 11.5 Å². The maximum Gasteiger partial charge on any atom is 0.258 e. The van der Waals surface area contributed by atoms with Crippen LogP contribution in [0.5, 0.6) is 11.5 Å². The lowest BCUT2D eigenvalue weighted by Crippen LogP contribution is -2.37. The molecule has 1 aliphatic carbocycles. The molecule has 0 radical (unpaired) electrons. The van der Waals surface area contributed by atoms with Crippen molar-refractivity contribution in [3.8, 4) is 23.0 Å². The summed E-state index contributed by atoms with van der Waals surface area (Å²) >= 11 is 0. The van der Waals surface area contributed by atoms with Crippen LogP contribution in [0.3, 0.4) is 0 Å². The van der Waals surface area contributed by atoms with Gasteiger partial charge in [-0.3, -0.25) is 4.79 Å². The molecule has 1 amide bonds. The standard InChI is InChI=1S/C20H25N3O4/c1-25-16-9-8-13(10-17(16)26-2)20-21-19(22-27-20)14-11-18(24)23(12-14)15-6-4-3-5-7-15/h8-10,14-15H,3-7,11-12H2,1-2H3. The smallest absolute Gasteiger partial charge is 0.258 e. The number of amides is 1. The van der Waals surface area contributed by atoms with Crippen LogP contribution in [0.15, 0.2) is 22.7 Å². The summed E-state index contributed by atoms with van der Waals surface area (Å²) in [6.45, 7) is 0.689. The van der Waals surface area contributed by atoms with Crippen LogP contribution in [0, 0.1) is 0 Å². The van der Waals surface area contributed by atoms with Crippen molar-refractivity contribution in [1.29, 1.82) is 0 Å². The summed E-state index contributed by atoms with van der Waals surface area (Å²) in [6.07, 6.45) is 6.39. The van der Waals surface area contributed by atoms with Crippen LogP contribution in [0.1, 0.15) is 50.3 Å². The van der Waals surface area contributed by atoms with E-state index in [2.05, 4.69) is 10.1 Å². The second kappa shape index (κ2) is 7.58. The van der Waals surface area contributed by atoms with E-state index in [0.717, 1.165) is 18.4 Å². The summed E-state index contributed by atoms with van der Waals surface area (Å²) in [5.74, 6) is 2.49. The normalized spacial score (nSPS) is 20.9. The molecule has 1 saturated carbocycles. The van der Waals surface area contributed by atoms with Gasteiger partial charge in [-0.1, -0.05) is 24.4 Å². The lowest BCUT2D eigenvalue weighted by molar-refractivity contribution is -0.130. The maximum absolute atomic E-state index is 12.5. The summed E-state index contributed by atoms with van der Waals surface area (Å²) in [5, 5.41) is 4.15. The predicted molar refractivity (Wildman–Crippen MR) is 98.8 cm³/mol. The topological polar surface area (TPSA) is 77.7 Å². The number of ether oxygens (including phenoxy) is 2. The van der Waals surface area contributed by atoms with Crippen molar-refractivity contribution in [2.24, 2.45) is 0 Å². The van der Waals surface area contributed by atoms with Crippen LogP contribution in [-0.2, 0) is 4.79 Å². The first kappa shape index (κ1) is 17.8. The van der Waals surface area contributed by atoms with Crippen molar-refractivity contribution >= 4 is 5.91 Å². The van der Waals surface area contributed by atoms with Crippen molar-refractivity contribution in [1.82, 2.24) is 15.0 Å². The quantitative estimate of drug-likeness (QED) is 0.802. The number of benzene rings is 1. The molecule has 2 aromatic rings. The van der Waals surface area contributed by atoms with Gasteiger partial charge in [-0.25, -0.2) is 0 Å². The minimum Gasteiger partial charge on any atom is -0.493 e. The zero-order chi connectivity index (χ0) is 18.8. The molecule has 1 unspecified atom stereocenters. The molecule has 7 nitrogen and oxygen atoms in total. The van der Waals surface area contributed by atoms with Crippen molar-refractivity contribution < 1.29 is 18.8 Å². The monoisotopic (exact) mass is 371 g/mol. The van der Waals surface area contributed by atoms with Crippen molar-refractivity contribution in [2.45, 2.75) is 50.5 Å². The highest BCUT2D eigenvalue weighted by Crippen LogP contribution is 2.35. The van der Waals surface area contributed by atoms with Crippen molar-refractivity contribution in [2.75, 3.05) is 20.8 Å². The Bertz CT molecular complexity index is 813. The van der Waals surface area contributed by atoms with Gasteiger partial charge in [0, 0.05) is 30.5 Å². The van der Waals surface area contributed by atoms with Gasteiger partial charge in [0.25, 0.3) is 5.89 Å². The summed E-state index contributed by atoms with van der Waals surface area (Å²) in [5.41, 5.74) is 0.764. The Labute approximate surface area is 158 Å². The van der Waals surface area contributed by atoms with Gasteiger partial charge in [-0.15, -0.1) is 0 Å². The number of aromatic nitrogens is 2. The summed E-state index contributed by atoms with van der Waals surface area (Å²) in [6, 6.07) is 5.85. The average molecular weight is 371 g/mol. The van der Waals surface area contributed by atoms with E-state index in [1.165, 1.54) is 19.3 Å². The Morgan fingerprint density at radius 2 is 1.89 bits per heavy atom. The molecule has 2 aliphatic rings. The summed E-state index contributed by atoms with van der Waals surface area (Å²) < 4.78 is 16.1. The summed E-state index contributed by atoms with van der Waals surface area (Å²) in [7, 11) is 3.18. The van der Waals surface area contributed by atoms with E-state index in [1.807, 2.05) is 23.1 Å². The first-order valence-corrected chi connectivity index (χ1v) is 9.55. The number of nitrogens with zero attached hydrogens (tertiary/aromatic N) is 3. The summed E-state index contributed by atoms with van der Waals surface area (Å²) in [4.78, 5) is 19.1. The van der Waals surface area contributed by atoms with Gasteiger partial charge in [0.05, 0.1) is 14.2 Å². The third-order valence-corrected chi connectivity index (χ3v) is 5.61. The van der Waals surface area contributed by atoms with Gasteiger partial charge < -0.3 is 18.9 Å². The maximum atomic E-state index is 12.5. The van der Waals surface area contributed by atoms with Crippen LogP contribution in [0.2, 0.25) is 0 Å². The number of likely N-dealkylation sites (tertiary alicyclic amines) is 1. The van der Waals surface area contributed by atoms with E-state index in [9.17, 15) is 4.79 Å². The van der Waals surface area contributed by atoms with Crippen LogP contribution in [-0.4, -0.2) is 47.8 Å². The zero-order valence-corrected chi connectivity index (χ0v) is 15.8. The van der Waals surface area contributed by atoms with Crippen LogP contribution < -0.4 is 9.47 Å². The van der Waals surface area contributed by atoms with E-state index in [-0.39, 0.29) is 11.8 Å². The zero-order valence-electron chi connectivity index (χ0n) is 15.8. The molecule has 2 heterocycles.